The predicted octanol–water partition coefficient (Wildman–Crippen LogP) is 3.55. The first-order valence-corrected chi connectivity index (χ1v) is 8.15. The number of benzene rings is 1. The van der Waals surface area contributed by atoms with Crippen LogP contribution in [0, 0.1) is 11.3 Å². The van der Waals surface area contributed by atoms with Crippen molar-refractivity contribution in [3.63, 3.8) is 0 Å². The number of rotatable bonds is 4. The Morgan fingerprint density at radius 3 is 2.71 bits per heavy atom. The molecule has 1 aliphatic rings. The standard InChI is InChI=1S/C16H23BrN2O2/c1-11-5-7-16(10-18,8-6-11)15(20)19-13-9-12(17)3-4-14(13)21-2/h3-4,9,11H,5-8,10,18H2,1-2H3,(H,19,20). The van der Waals surface area contributed by atoms with Crippen LogP contribution in [0.1, 0.15) is 32.6 Å². The van der Waals surface area contributed by atoms with Crippen LogP contribution in [-0.4, -0.2) is 19.6 Å². The zero-order chi connectivity index (χ0) is 15.5. The lowest BCUT2D eigenvalue weighted by Crippen LogP contribution is -2.44. The Balaban J connectivity index is 2.18. The van der Waals surface area contributed by atoms with Crippen molar-refractivity contribution < 1.29 is 9.53 Å². The minimum Gasteiger partial charge on any atom is -0.495 e. The van der Waals surface area contributed by atoms with Crippen LogP contribution in [0.3, 0.4) is 0 Å². The van der Waals surface area contributed by atoms with E-state index in [1.807, 2.05) is 18.2 Å². The maximum atomic E-state index is 12.7. The molecule has 0 bridgehead atoms. The Morgan fingerprint density at radius 2 is 2.14 bits per heavy atom. The van der Waals surface area contributed by atoms with Crippen molar-refractivity contribution in [3.05, 3.63) is 22.7 Å². The molecule has 0 spiro atoms. The van der Waals surface area contributed by atoms with Crippen LogP contribution >= 0.6 is 15.9 Å². The summed E-state index contributed by atoms with van der Waals surface area (Å²) in [5.74, 6) is 1.34. The molecule has 1 fully saturated rings. The zero-order valence-corrected chi connectivity index (χ0v) is 14.2. The maximum Gasteiger partial charge on any atom is 0.231 e. The Bertz CT molecular complexity index is 511. The van der Waals surface area contributed by atoms with Crippen molar-refractivity contribution in [2.75, 3.05) is 19.0 Å². The summed E-state index contributed by atoms with van der Waals surface area (Å²) >= 11 is 3.42. The summed E-state index contributed by atoms with van der Waals surface area (Å²) in [6.07, 6.45) is 3.82. The van der Waals surface area contributed by atoms with Gasteiger partial charge in [0.05, 0.1) is 18.2 Å². The highest BCUT2D eigenvalue weighted by Gasteiger charge is 2.40. The fraction of sp³-hybridized carbons (Fsp3) is 0.562. The monoisotopic (exact) mass is 354 g/mol. The molecule has 0 radical (unpaired) electrons. The van der Waals surface area contributed by atoms with Crippen LogP contribution in [0.4, 0.5) is 5.69 Å². The summed E-state index contributed by atoms with van der Waals surface area (Å²) in [4.78, 5) is 12.7. The van der Waals surface area contributed by atoms with Crippen molar-refractivity contribution >= 4 is 27.5 Å². The van der Waals surface area contributed by atoms with Crippen molar-refractivity contribution in [1.29, 1.82) is 0 Å². The van der Waals surface area contributed by atoms with E-state index in [0.717, 1.165) is 30.2 Å². The van der Waals surface area contributed by atoms with Gasteiger partial charge < -0.3 is 15.8 Å². The molecule has 0 aliphatic heterocycles. The summed E-state index contributed by atoms with van der Waals surface area (Å²) in [6.45, 7) is 2.62. The molecule has 5 heteroatoms. The molecule has 0 atom stereocenters. The fourth-order valence-corrected chi connectivity index (χ4v) is 3.23. The number of halogens is 1. The normalized spacial score (nSPS) is 25.4. The lowest BCUT2D eigenvalue weighted by molar-refractivity contribution is -0.127. The molecule has 0 aromatic heterocycles. The molecule has 21 heavy (non-hydrogen) atoms. The molecule has 0 unspecified atom stereocenters. The Hall–Kier alpha value is -1.07. The molecule has 1 aromatic carbocycles. The number of hydrogen-bond donors (Lipinski definition) is 2. The van der Waals surface area contributed by atoms with Crippen molar-refractivity contribution in [2.24, 2.45) is 17.1 Å². The number of carbonyl (C=O) groups excluding carboxylic acids is 1. The zero-order valence-electron chi connectivity index (χ0n) is 12.6. The number of ether oxygens (including phenoxy) is 1. The van der Waals surface area contributed by atoms with Crippen molar-refractivity contribution in [3.8, 4) is 5.75 Å². The Labute approximate surface area is 134 Å². The third-order valence-corrected chi connectivity index (χ3v) is 5.01. The molecule has 4 nitrogen and oxygen atoms in total. The van der Waals surface area contributed by atoms with Gasteiger partial charge in [-0.2, -0.15) is 0 Å². The summed E-state index contributed by atoms with van der Waals surface area (Å²) in [7, 11) is 1.60. The van der Waals surface area contributed by atoms with E-state index in [9.17, 15) is 4.79 Å². The van der Waals surface area contributed by atoms with E-state index < -0.39 is 5.41 Å². The average Bonchev–Trinajstić information content (AvgIpc) is 2.48. The molecule has 0 heterocycles. The molecule has 1 amide bonds. The number of methoxy groups -OCH3 is 1. The van der Waals surface area contributed by atoms with Gasteiger partial charge in [-0.15, -0.1) is 0 Å². The minimum atomic E-state index is -0.445. The molecule has 2 rings (SSSR count). The molecule has 1 aliphatic carbocycles. The van der Waals surface area contributed by atoms with Crippen LogP contribution in [0.2, 0.25) is 0 Å². The quantitative estimate of drug-likeness (QED) is 0.868. The third kappa shape index (κ3) is 3.58. The average molecular weight is 355 g/mol. The maximum absolute atomic E-state index is 12.7. The van der Waals surface area contributed by atoms with Gasteiger partial charge >= 0.3 is 0 Å². The summed E-state index contributed by atoms with van der Waals surface area (Å²) in [5, 5.41) is 3.00. The Morgan fingerprint density at radius 1 is 1.48 bits per heavy atom. The Kier molecular flexibility index (Phi) is 5.27. The second-order valence-electron chi connectivity index (χ2n) is 5.97. The number of anilines is 1. The third-order valence-electron chi connectivity index (χ3n) is 4.51. The topological polar surface area (TPSA) is 64.3 Å². The molecular weight excluding hydrogens is 332 g/mol. The van der Waals surface area contributed by atoms with E-state index in [1.54, 1.807) is 7.11 Å². The fourth-order valence-electron chi connectivity index (χ4n) is 2.87. The van der Waals surface area contributed by atoms with Crippen molar-refractivity contribution in [1.82, 2.24) is 0 Å². The molecular formula is C16H23BrN2O2. The lowest BCUT2D eigenvalue weighted by Gasteiger charge is -2.37. The first-order valence-electron chi connectivity index (χ1n) is 7.36. The van der Waals surface area contributed by atoms with Gasteiger partial charge in [0.15, 0.2) is 0 Å². The van der Waals surface area contributed by atoms with Gasteiger partial charge in [0.25, 0.3) is 0 Å². The van der Waals surface area contributed by atoms with Gasteiger partial charge in [0, 0.05) is 11.0 Å². The number of hydrogen-bond acceptors (Lipinski definition) is 3. The summed E-state index contributed by atoms with van der Waals surface area (Å²) in [5.41, 5.74) is 6.18. The summed E-state index contributed by atoms with van der Waals surface area (Å²) < 4.78 is 6.21. The van der Waals surface area contributed by atoms with Gasteiger partial charge in [0.2, 0.25) is 5.91 Å². The van der Waals surface area contributed by atoms with E-state index in [2.05, 4.69) is 28.2 Å². The van der Waals surface area contributed by atoms with Crippen LogP contribution in [0.25, 0.3) is 0 Å². The van der Waals surface area contributed by atoms with Gasteiger partial charge in [-0.05, 0) is 49.8 Å². The van der Waals surface area contributed by atoms with Gasteiger partial charge in [-0.1, -0.05) is 22.9 Å². The minimum absolute atomic E-state index is 0.00769. The second kappa shape index (κ2) is 6.79. The molecule has 116 valence electrons. The van der Waals surface area contributed by atoms with Crippen LogP contribution < -0.4 is 15.8 Å². The predicted molar refractivity (Wildman–Crippen MR) is 88.4 cm³/mol. The number of nitrogens with two attached hydrogens (primary N) is 1. The van der Waals surface area contributed by atoms with Gasteiger partial charge in [-0.3, -0.25) is 4.79 Å². The van der Waals surface area contributed by atoms with Crippen LogP contribution in [-0.2, 0) is 4.79 Å². The van der Waals surface area contributed by atoms with Gasteiger partial charge in [-0.25, -0.2) is 0 Å². The highest BCUT2D eigenvalue weighted by Crippen LogP contribution is 2.40. The molecule has 1 aromatic rings. The van der Waals surface area contributed by atoms with Crippen molar-refractivity contribution in [2.45, 2.75) is 32.6 Å². The number of nitrogens with one attached hydrogen (secondary N) is 1. The first kappa shape index (κ1) is 16.3. The van der Waals surface area contributed by atoms with Crippen LogP contribution in [0.15, 0.2) is 22.7 Å². The first-order chi connectivity index (χ1) is 10.0. The van der Waals surface area contributed by atoms with E-state index in [0.29, 0.717) is 23.9 Å². The molecule has 0 saturated heterocycles. The SMILES string of the molecule is COc1ccc(Br)cc1NC(=O)C1(CN)CCC(C)CC1. The molecule has 1 saturated carbocycles. The number of amides is 1. The smallest absolute Gasteiger partial charge is 0.231 e. The highest BCUT2D eigenvalue weighted by molar-refractivity contribution is 9.10. The van der Waals surface area contributed by atoms with E-state index in [4.69, 9.17) is 10.5 Å². The summed E-state index contributed by atoms with van der Waals surface area (Å²) in [6, 6.07) is 5.57. The van der Waals surface area contributed by atoms with Gasteiger partial charge in [0.1, 0.15) is 5.75 Å². The van der Waals surface area contributed by atoms with Crippen LogP contribution in [0.5, 0.6) is 5.75 Å². The highest BCUT2D eigenvalue weighted by atomic mass is 79.9. The largest absolute Gasteiger partial charge is 0.495 e. The van der Waals surface area contributed by atoms with E-state index in [1.165, 1.54) is 0 Å². The lowest BCUT2D eigenvalue weighted by atomic mass is 9.70. The number of carbonyl (C=O) groups is 1. The van der Waals surface area contributed by atoms with E-state index >= 15 is 0 Å². The van der Waals surface area contributed by atoms with E-state index in [-0.39, 0.29) is 5.91 Å². The second-order valence-corrected chi connectivity index (χ2v) is 6.88. The molecule has 3 N–H and O–H groups in total.